The molecule has 0 aliphatic carbocycles. The van der Waals surface area contributed by atoms with Gasteiger partial charge in [0.15, 0.2) is 0 Å². The van der Waals surface area contributed by atoms with E-state index in [1.807, 2.05) is 24.6 Å². The molecule has 23 heavy (non-hydrogen) atoms. The van der Waals surface area contributed by atoms with E-state index < -0.39 is 6.10 Å². The van der Waals surface area contributed by atoms with Gasteiger partial charge in [0.2, 0.25) is 5.76 Å². The Hall–Kier alpha value is -2.15. The number of imidazole rings is 1. The van der Waals surface area contributed by atoms with Gasteiger partial charge in [0, 0.05) is 31.5 Å². The Kier molecular flexibility index (Phi) is 4.47. The molecule has 1 aliphatic rings. The summed E-state index contributed by atoms with van der Waals surface area (Å²) in [6.07, 6.45) is 5.95. The lowest BCUT2D eigenvalue weighted by atomic mass is 10.1. The van der Waals surface area contributed by atoms with Gasteiger partial charge in [-0.15, -0.1) is 0 Å². The van der Waals surface area contributed by atoms with Crippen LogP contribution in [0.15, 0.2) is 29.3 Å². The molecule has 7 heteroatoms. The first kappa shape index (κ1) is 15.7. The number of aliphatic hydroxyl groups excluding tert-OH is 1. The fourth-order valence-corrected chi connectivity index (χ4v) is 2.91. The van der Waals surface area contributed by atoms with Crippen LogP contribution in [0.4, 0.5) is 0 Å². The Morgan fingerprint density at radius 3 is 2.83 bits per heavy atom. The van der Waals surface area contributed by atoms with Crippen molar-refractivity contribution in [2.75, 3.05) is 13.1 Å². The fraction of sp³-hybridized carbons (Fsp3) is 0.562. The molecule has 2 aromatic heterocycles. The second kappa shape index (κ2) is 6.54. The Bertz CT molecular complexity index is 650. The Morgan fingerprint density at radius 1 is 1.39 bits per heavy atom. The smallest absolute Gasteiger partial charge is 0.292 e. The zero-order valence-electron chi connectivity index (χ0n) is 13.4. The van der Waals surface area contributed by atoms with E-state index in [0.29, 0.717) is 25.9 Å². The van der Waals surface area contributed by atoms with Crippen molar-refractivity contribution in [3.8, 4) is 0 Å². The van der Waals surface area contributed by atoms with Crippen LogP contribution in [0.3, 0.4) is 0 Å². The fourth-order valence-electron chi connectivity index (χ4n) is 2.91. The van der Waals surface area contributed by atoms with E-state index in [1.54, 1.807) is 23.5 Å². The first-order chi connectivity index (χ1) is 11.1. The normalized spacial score (nSPS) is 22.3. The molecule has 1 fully saturated rings. The van der Waals surface area contributed by atoms with Crippen molar-refractivity contribution >= 4 is 5.91 Å². The van der Waals surface area contributed by atoms with E-state index in [4.69, 9.17) is 4.52 Å². The molecule has 1 saturated heterocycles. The van der Waals surface area contributed by atoms with Gasteiger partial charge in [0.05, 0.1) is 24.2 Å². The van der Waals surface area contributed by atoms with Crippen LogP contribution >= 0.6 is 0 Å². The number of hydrogen-bond donors (Lipinski definition) is 1. The maximum atomic E-state index is 12.6. The quantitative estimate of drug-likeness (QED) is 0.933. The average molecular weight is 318 g/mol. The molecule has 7 nitrogen and oxygen atoms in total. The second-order valence-electron chi connectivity index (χ2n) is 6.28. The Morgan fingerprint density at radius 2 is 2.17 bits per heavy atom. The number of likely N-dealkylation sites (tertiary alicyclic amines) is 1. The van der Waals surface area contributed by atoms with Crippen LogP contribution in [0.5, 0.6) is 0 Å². The SMILES string of the molecule is CC(C)c1cc(C(=O)N2CC[C@H](O)[C@@H](n3ccnc3)CC2)on1. The molecule has 0 radical (unpaired) electrons. The number of hydrogen-bond acceptors (Lipinski definition) is 5. The summed E-state index contributed by atoms with van der Waals surface area (Å²) in [5.41, 5.74) is 0.777. The third kappa shape index (κ3) is 3.29. The number of aliphatic hydroxyl groups is 1. The minimum absolute atomic E-state index is 0.0590. The third-order valence-corrected chi connectivity index (χ3v) is 4.36. The molecule has 0 saturated carbocycles. The van der Waals surface area contributed by atoms with Crippen LogP contribution in [0.1, 0.15) is 54.9 Å². The molecule has 1 N–H and O–H groups in total. The first-order valence-electron chi connectivity index (χ1n) is 7.97. The summed E-state index contributed by atoms with van der Waals surface area (Å²) in [7, 11) is 0. The van der Waals surface area contributed by atoms with Crippen molar-refractivity contribution in [1.82, 2.24) is 19.6 Å². The van der Waals surface area contributed by atoms with Crippen LogP contribution in [-0.4, -0.2) is 49.8 Å². The highest BCUT2D eigenvalue weighted by Crippen LogP contribution is 2.24. The lowest BCUT2D eigenvalue weighted by molar-refractivity contribution is 0.0710. The molecule has 3 rings (SSSR count). The Balaban J connectivity index is 1.70. The monoisotopic (exact) mass is 318 g/mol. The highest BCUT2D eigenvalue weighted by molar-refractivity contribution is 5.91. The zero-order chi connectivity index (χ0) is 16.4. The molecule has 3 heterocycles. The molecule has 2 atom stereocenters. The van der Waals surface area contributed by atoms with Gasteiger partial charge in [-0.05, 0) is 18.8 Å². The van der Waals surface area contributed by atoms with E-state index >= 15 is 0 Å². The lowest BCUT2D eigenvalue weighted by Gasteiger charge is -2.21. The maximum Gasteiger partial charge on any atom is 0.292 e. The van der Waals surface area contributed by atoms with E-state index in [9.17, 15) is 9.90 Å². The van der Waals surface area contributed by atoms with Gasteiger partial charge in [-0.1, -0.05) is 19.0 Å². The third-order valence-electron chi connectivity index (χ3n) is 4.36. The number of nitrogens with zero attached hydrogens (tertiary/aromatic N) is 4. The number of rotatable bonds is 3. The minimum Gasteiger partial charge on any atom is -0.391 e. The summed E-state index contributed by atoms with van der Waals surface area (Å²) in [6, 6.07) is 1.65. The van der Waals surface area contributed by atoms with Crippen LogP contribution in [-0.2, 0) is 0 Å². The zero-order valence-corrected chi connectivity index (χ0v) is 13.4. The second-order valence-corrected chi connectivity index (χ2v) is 6.28. The predicted molar refractivity (Wildman–Crippen MR) is 83.0 cm³/mol. The van der Waals surface area contributed by atoms with Crippen molar-refractivity contribution in [1.29, 1.82) is 0 Å². The summed E-state index contributed by atoms with van der Waals surface area (Å²) in [6.45, 7) is 5.08. The Labute approximate surface area is 134 Å². The van der Waals surface area contributed by atoms with Gasteiger partial charge in [0.1, 0.15) is 0 Å². The minimum atomic E-state index is -0.497. The topological polar surface area (TPSA) is 84.4 Å². The van der Waals surface area contributed by atoms with Crippen LogP contribution in [0, 0.1) is 0 Å². The van der Waals surface area contributed by atoms with Crippen molar-refractivity contribution in [2.24, 2.45) is 0 Å². The van der Waals surface area contributed by atoms with Gasteiger partial charge in [-0.3, -0.25) is 4.79 Å². The van der Waals surface area contributed by atoms with E-state index in [-0.39, 0.29) is 23.6 Å². The molecule has 2 aromatic rings. The molecular weight excluding hydrogens is 296 g/mol. The summed E-state index contributed by atoms with van der Waals surface area (Å²) < 4.78 is 7.10. The maximum absolute atomic E-state index is 12.6. The van der Waals surface area contributed by atoms with Crippen molar-refractivity contribution in [2.45, 2.75) is 44.8 Å². The molecule has 0 bridgehead atoms. The van der Waals surface area contributed by atoms with Gasteiger partial charge in [0.25, 0.3) is 5.91 Å². The van der Waals surface area contributed by atoms with Crippen molar-refractivity contribution in [3.63, 3.8) is 0 Å². The molecule has 0 unspecified atom stereocenters. The van der Waals surface area contributed by atoms with Crippen LogP contribution in [0.2, 0.25) is 0 Å². The van der Waals surface area contributed by atoms with E-state index in [2.05, 4.69) is 10.1 Å². The van der Waals surface area contributed by atoms with Crippen molar-refractivity contribution in [3.05, 3.63) is 36.2 Å². The summed E-state index contributed by atoms with van der Waals surface area (Å²) in [4.78, 5) is 18.3. The standard InChI is InChI=1S/C16H22N4O3/c1-11(2)12-9-15(23-18-12)16(22)19-6-3-13(14(21)4-7-19)20-8-5-17-10-20/h5,8-11,13-14,21H,3-4,6-7H2,1-2H3/t13-,14-/m0/s1. The molecular formula is C16H22N4O3. The number of carbonyl (C=O) groups excluding carboxylic acids is 1. The number of aromatic nitrogens is 3. The summed E-state index contributed by atoms with van der Waals surface area (Å²) >= 11 is 0. The molecule has 0 spiro atoms. The highest BCUT2D eigenvalue weighted by atomic mass is 16.5. The molecule has 0 aromatic carbocycles. The first-order valence-corrected chi connectivity index (χ1v) is 7.97. The lowest BCUT2D eigenvalue weighted by Crippen LogP contribution is -2.32. The van der Waals surface area contributed by atoms with Crippen LogP contribution < -0.4 is 0 Å². The van der Waals surface area contributed by atoms with Crippen molar-refractivity contribution < 1.29 is 14.4 Å². The average Bonchev–Trinajstić information content (AvgIpc) is 3.18. The number of amides is 1. The summed E-state index contributed by atoms with van der Waals surface area (Å²) in [5, 5.41) is 14.3. The van der Waals surface area contributed by atoms with Gasteiger partial charge >= 0.3 is 0 Å². The highest BCUT2D eigenvalue weighted by Gasteiger charge is 2.29. The predicted octanol–water partition coefficient (Wildman–Crippen LogP) is 1.83. The molecule has 1 aliphatic heterocycles. The largest absolute Gasteiger partial charge is 0.391 e. The molecule has 1 amide bonds. The van der Waals surface area contributed by atoms with E-state index in [0.717, 1.165) is 5.69 Å². The van der Waals surface area contributed by atoms with Gasteiger partial charge < -0.3 is 19.1 Å². The van der Waals surface area contributed by atoms with E-state index in [1.165, 1.54) is 0 Å². The molecule has 124 valence electrons. The van der Waals surface area contributed by atoms with Crippen LogP contribution in [0.25, 0.3) is 0 Å². The van der Waals surface area contributed by atoms with Gasteiger partial charge in [-0.2, -0.15) is 0 Å². The summed E-state index contributed by atoms with van der Waals surface area (Å²) in [5.74, 6) is 0.323. The number of carbonyl (C=O) groups is 1. The van der Waals surface area contributed by atoms with Gasteiger partial charge in [-0.25, -0.2) is 4.98 Å².